The Morgan fingerprint density at radius 3 is 2.31 bits per heavy atom. The zero-order valence-electron chi connectivity index (χ0n) is 10.4. The largest absolute Gasteiger partial charge is 0.542 e. The van der Waals surface area contributed by atoms with Gasteiger partial charge in [0.25, 0.3) is 8.32 Å². The molecule has 0 spiro atoms. The van der Waals surface area contributed by atoms with Gasteiger partial charge in [-0.1, -0.05) is 48.3 Å². The molecule has 0 radical (unpaired) electrons. The zero-order valence-corrected chi connectivity index (χ0v) is 13.7. The van der Waals surface area contributed by atoms with Gasteiger partial charge in [-0.3, -0.25) is 0 Å². The standard InChI is InChI=1S/C12H18BrClOSi/c1-12(2,3)16(4,5)15-11-8-9(13)6-7-10(11)14/h6-8H,1-5H3. The van der Waals surface area contributed by atoms with E-state index in [0.29, 0.717) is 5.02 Å². The van der Waals surface area contributed by atoms with E-state index < -0.39 is 8.32 Å². The van der Waals surface area contributed by atoms with Crippen molar-refractivity contribution >= 4 is 35.8 Å². The monoisotopic (exact) mass is 320 g/mol. The first kappa shape index (κ1) is 14.1. The topological polar surface area (TPSA) is 9.23 Å². The summed E-state index contributed by atoms with van der Waals surface area (Å²) in [5.74, 6) is 0.780. The van der Waals surface area contributed by atoms with Crippen LogP contribution in [0.15, 0.2) is 22.7 Å². The first-order valence-electron chi connectivity index (χ1n) is 5.27. The second-order valence-corrected chi connectivity index (χ2v) is 11.5. The number of rotatable bonds is 2. The molecule has 0 unspecified atom stereocenters. The highest BCUT2D eigenvalue weighted by molar-refractivity contribution is 9.10. The van der Waals surface area contributed by atoms with E-state index in [0.717, 1.165) is 10.2 Å². The van der Waals surface area contributed by atoms with Crippen LogP contribution in [0.3, 0.4) is 0 Å². The van der Waals surface area contributed by atoms with Gasteiger partial charge in [0.1, 0.15) is 5.75 Å². The highest BCUT2D eigenvalue weighted by Gasteiger charge is 2.39. The number of hydrogen-bond donors (Lipinski definition) is 0. The molecule has 0 saturated carbocycles. The minimum absolute atomic E-state index is 0.179. The van der Waals surface area contributed by atoms with Gasteiger partial charge in [-0.05, 0) is 36.3 Å². The Hall–Kier alpha value is 0.00688. The van der Waals surface area contributed by atoms with Crippen molar-refractivity contribution in [3.63, 3.8) is 0 Å². The average Bonchev–Trinajstić information content (AvgIpc) is 2.09. The Bertz CT molecular complexity index is 385. The SMILES string of the molecule is CC(C)(C)[Si](C)(C)Oc1cc(Br)ccc1Cl. The van der Waals surface area contributed by atoms with Crippen molar-refractivity contribution in [1.29, 1.82) is 0 Å². The van der Waals surface area contributed by atoms with Crippen LogP contribution in [-0.4, -0.2) is 8.32 Å². The van der Waals surface area contributed by atoms with Crippen molar-refractivity contribution in [3.8, 4) is 5.75 Å². The molecule has 1 aromatic carbocycles. The molecule has 0 fully saturated rings. The molecule has 1 nitrogen and oxygen atoms in total. The molecule has 0 amide bonds. The van der Waals surface area contributed by atoms with Gasteiger partial charge in [-0.25, -0.2) is 0 Å². The molecular formula is C12H18BrClOSi. The maximum absolute atomic E-state index is 6.15. The summed E-state index contributed by atoms with van der Waals surface area (Å²) in [6.45, 7) is 11.1. The summed E-state index contributed by atoms with van der Waals surface area (Å²) in [5, 5.41) is 0.853. The number of halogens is 2. The van der Waals surface area contributed by atoms with Crippen LogP contribution >= 0.6 is 27.5 Å². The summed E-state index contributed by atoms with van der Waals surface area (Å²) < 4.78 is 7.15. The molecular weight excluding hydrogens is 304 g/mol. The predicted octanol–water partition coefficient (Wildman–Crippen LogP) is 5.49. The maximum Gasteiger partial charge on any atom is 0.250 e. The molecule has 0 saturated heterocycles. The van der Waals surface area contributed by atoms with Crippen molar-refractivity contribution in [2.24, 2.45) is 0 Å². The minimum atomic E-state index is -1.81. The molecule has 1 rings (SSSR count). The molecule has 0 heterocycles. The average molecular weight is 322 g/mol. The molecule has 1 aromatic rings. The smallest absolute Gasteiger partial charge is 0.250 e. The van der Waals surface area contributed by atoms with Crippen LogP contribution in [0.1, 0.15) is 20.8 Å². The number of hydrogen-bond acceptors (Lipinski definition) is 1. The van der Waals surface area contributed by atoms with Crippen molar-refractivity contribution in [3.05, 3.63) is 27.7 Å². The lowest BCUT2D eigenvalue weighted by Crippen LogP contribution is -2.43. The van der Waals surface area contributed by atoms with E-state index in [9.17, 15) is 0 Å². The van der Waals surface area contributed by atoms with Gasteiger partial charge >= 0.3 is 0 Å². The van der Waals surface area contributed by atoms with Gasteiger partial charge in [0.05, 0.1) is 5.02 Å². The highest BCUT2D eigenvalue weighted by Crippen LogP contribution is 2.39. The van der Waals surface area contributed by atoms with Crippen molar-refractivity contribution in [2.45, 2.75) is 38.9 Å². The van der Waals surface area contributed by atoms with Gasteiger partial charge in [-0.15, -0.1) is 0 Å². The van der Waals surface area contributed by atoms with Crippen molar-refractivity contribution < 1.29 is 4.43 Å². The van der Waals surface area contributed by atoms with Gasteiger partial charge in [0.15, 0.2) is 0 Å². The van der Waals surface area contributed by atoms with E-state index in [1.807, 2.05) is 18.2 Å². The Balaban J connectivity index is 3.01. The number of benzene rings is 1. The fraction of sp³-hybridized carbons (Fsp3) is 0.500. The van der Waals surface area contributed by atoms with Gasteiger partial charge < -0.3 is 4.43 Å². The fourth-order valence-corrected chi connectivity index (χ4v) is 2.57. The normalized spacial score (nSPS) is 12.7. The molecule has 0 N–H and O–H groups in total. The Labute approximate surface area is 112 Å². The van der Waals surface area contributed by atoms with Gasteiger partial charge in [-0.2, -0.15) is 0 Å². The summed E-state index contributed by atoms with van der Waals surface area (Å²) >= 11 is 9.56. The van der Waals surface area contributed by atoms with E-state index in [2.05, 4.69) is 49.8 Å². The van der Waals surface area contributed by atoms with Crippen LogP contribution in [0, 0.1) is 0 Å². The van der Waals surface area contributed by atoms with Crippen LogP contribution < -0.4 is 4.43 Å². The molecule has 0 aliphatic carbocycles. The maximum atomic E-state index is 6.15. The second kappa shape index (κ2) is 4.71. The third kappa shape index (κ3) is 3.25. The third-order valence-electron chi connectivity index (χ3n) is 3.06. The zero-order chi connectivity index (χ0) is 12.6. The molecule has 90 valence electrons. The Morgan fingerprint density at radius 1 is 1.25 bits per heavy atom. The quantitative estimate of drug-likeness (QED) is 0.655. The van der Waals surface area contributed by atoms with Crippen LogP contribution in [0.5, 0.6) is 5.75 Å². The van der Waals surface area contributed by atoms with E-state index >= 15 is 0 Å². The summed E-state index contributed by atoms with van der Waals surface area (Å²) in [4.78, 5) is 0. The summed E-state index contributed by atoms with van der Waals surface area (Å²) in [5.41, 5.74) is 0. The highest BCUT2D eigenvalue weighted by atomic mass is 79.9. The lowest BCUT2D eigenvalue weighted by Gasteiger charge is -2.36. The fourth-order valence-electron chi connectivity index (χ4n) is 0.983. The molecule has 0 bridgehead atoms. The first-order chi connectivity index (χ1) is 7.13. The molecule has 0 aromatic heterocycles. The minimum Gasteiger partial charge on any atom is -0.542 e. The van der Waals surface area contributed by atoms with E-state index in [-0.39, 0.29) is 5.04 Å². The molecule has 16 heavy (non-hydrogen) atoms. The molecule has 4 heteroatoms. The van der Waals surface area contributed by atoms with Crippen LogP contribution in [0.2, 0.25) is 23.2 Å². The van der Waals surface area contributed by atoms with E-state index in [4.69, 9.17) is 16.0 Å². The van der Waals surface area contributed by atoms with Crippen molar-refractivity contribution in [2.75, 3.05) is 0 Å². The third-order valence-corrected chi connectivity index (χ3v) is 8.21. The molecule has 0 aliphatic rings. The van der Waals surface area contributed by atoms with Crippen molar-refractivity contribution in [1.82, 2.24) is 0 Å². The lowest BCUT2D eigenvalue weighted by molar-refractivity contribution is 0.492. The molecule has 0 atom stereocenters. The summed E-state index contributed by atoms with van der Waals surface area (Å²) in [7, 11) is -1.81. The van der Waals surface area contributed by atoms with E-state index in [1.54, 1.807) is 0 Å². The second-order valence-electron chi connectivity index (χ2n) is 5.44. The first-order valence-corrected chi connectivity index (χ1v) is 9.35. The van der Waals surface area contributed by atoms with Crippen LogP contribution in [0.25, 0.3) is 0 Å². The summed E-state index contributed by atoms with van der Waals surface area (Å²) in [6, 6.07) is 5.71. The van der Waals surface area contributed by atoms with E-state index in [1.165, 1.54) is 0 Å². The Kier molecular flexibility index (Phi) is 4.14. The summed E-state index contributed by atoms with van der Waals surface area (Å²) in [6.07, 6.45) is 0. The van der Waals surface area contributed by atoms with Crippen LogP contribution in [-0.2, 0) is 0 Å². The predicted molar refractivity (Wildman–Crippen MR) is 77.0 cm³/mol. The van der Waals surface area contributed by atoms with Gasteiger partial charge in [0, 0.05) is 4.47 Å². The molecule has 0 aliphatic heterocycles. The van der Waals surface area contributed by atoms with Gasteiger partial charge in [0.2, 0.25) is 0 Å². The van der Waals surface area contributed by atoms with Crippen LogP contribution in [0.4, 0.5) is 0 Å². The Morgan fingerprint density at radius 2 is 1.81 bits per heavy atom. The lowest BCUT2D eigenvalue weighted by atomic mass is 10.2.